The Balaban J connectivity index is 1.76. The topological polar surface area (TPSA) is 140 Å². The largest absolute Gasteiger partial charge is 0.481 e. The molecular weight excluding hydrogens is 486 g/mol. The molecule has 0 aliphatic heterocycles. The minimum Gasteiger partial charge on any atom is -0.481 e. The van der Waals surface area contributed by atoms with Gasteiger partial charge in [-0.15, -0.1) is 6.42 Å². The zero-order chi connectivity index (χ0) is 26.2. The number of aromatic nitrogens is 1. The number of benzene rings is 2. The van der Waals surface area contributed by atoms with Crippen LogP contribution in [0.4, 0.5) is 5.69 Å². The van der Waals surface area contributed by atoms with Crippen molar-refractivity contribution in [3.63, 3.8) is 0 Å². The summed E-state index contributed by atoms with van der Waals surface area (Å²) in [5, 5.41) is 30.9. The lowest BCUT2D eigenvalue weighted by Crippen LogP contribution is -2.41. The van der Waals surface area contributed by atoms with Gasteiger partial charge in [-0.25, -0.2) is 9.78 Å². The first kappa shape index (κ1) is 26.5. The summed E-state index contributed by atoms with van der Waals surface area (Å²) in [6.07, 6.45) is 4.97. The van der Waals surface area contributed by atoms with E-state index in [1.165, 1.54) is 0 Å². The van der Waals surface area contributed by atoms with E-state index < -0.39 is 23.9 Å². The number of aliphatic hydroxyl groups excluding tert-OH is 1. The van der Waals surface area contributed by atoms with Crippen LogP contribution in [0.1, 0.15) is 34.3 Å². The molecule has 0 aliphatic rings. The Labute approximate surface area is 212 Å². The van der Waals surface area contributed by atoms with Crippen LogP contribution in [0, 0.1) is 12.3 Å². The number of anilines is 1. The molecule has 1 heterocycles. The van der Waals surface area contributed by atoms with Crippen molar-refractivity contribution in [1.82, 2.24) is 10.3 Å². The first-order valence-electron chi connectivity index (χ1n) is 10.9. The van der Waals surface area contributed by atoms with Gasteiger partial charge in [0.25, 0.3) is 5.91 Å². The average Bonchev–Trinajstić information content (AvgIpc) is 2.85. The molecule has 0 spiro atoms. The minimum absolute atomic E-state index is 0.220. The molecule has 0 bridgehead atoms. The zero-order valence-electron chi connectivity index (χ0n) is 19.1. The van der Waals surface area contributed by atoms with Gasteiger partial charge in [-0.1, -0.05) is 23.6 Å². The number of hydrogen-bond acceptors (Lipinski definition) is 6. The number of halogens is 1. The fourth-order valence-corrected chi connectivity index (χ4v) is 3.82. The lowest BCUT2D eigenvalue weighted by Gasteiger charge is -2.23. The molecule has 0 fully saturated rings. The summed E-state index contributed by atoms with van der Waals surface area (Å²) in [5.74, 6) is -0.453. The molecule has 2 aromatic carbocycles. The molecule has 0 saturated carbocycles. The number of aliphatic carboxylic acids is 2. The molecule has 0 radical (unpaired) electrons. The number of carbonyl (C=O) groups is 3. The number of pyridine rings is 1. The smallest absolute Gasteiger partial charge is 0.326 e. The molecule has 10 heteroatoms. The first-order valence-corrected chi connectivity index (χ1v) is 11.3. The lowest BCUT2D eigenvalue weighted by molar-refractivity contribution is -0.140. The number of aliphatic hydroxyl groups is 1. The van der Waals surface area contributed by atoms with Gasteiger partial charge in [-0.3, -0.25) is 9.59 Å². The standard InChI is InChI=1S/C26H24ClN3O6/c1-2-11-30(14-16-3-8-21-18(12-16)13-19(15-31)24(27)28-21)20-6-4-17(5-7-20)25(34)29-22(26(35)36)9-10-23(32)33/h1,3-8,12-13,22,31H,9-11,14-15H2,(H,29,34)(H,32,33)(H,35,36)/t22-/m0/s1. The minimum atomic E-state index is -1.31. The van der Waals surface area contributed by atoms with E-state index in [-0.39, 0.29) is 30.2 Å². The molecule has 4 N–H and O–H groups in total. The van der Waals surface area contributed by atoms with Crippen LogP contribution >= 0.6 is 11.6 Å². The van der Waals surface area contributed by atoms with E-state index in [9.17, 15) is 24.6 Å². The van der Waals surface area contributed by atoms with Crippen molar-refractivity contribution in [3.05, 3.63) is 70.4 Å². The van der Waals surface area contributed by atoms with Gasteiger partial charge >= 0.3 is 11.9 Å². The SMILES string of the molecule is C#CCN(Cc1ccc2nc(Cl)c(CO)cc2c1)c1ccc(C(=O)N[C@@H](CCC(=O)O)C(=O)O)cc1. The van der Waals surface area contributed by atoms with Gasteiger partial charge in [0.15, 0.2) is 0 Å². The number of hydrogen-bond donors (Lipinski definition) is 4. The third kappa shape index (κ3) is 6.72. The molecule has 3 aromatic rings. The van der Waals surface area contributed by atoms with Crippen LogP contribution in [0.3, 0.4) is 0 Å². The lowest BCUT2D eigenvalue weighted by atomic mass is 10.1. The van der Waals surface area contributed by atoms with Gasteiger partial charge in [0.05, 0.1) is 18.7 Å². The molecular formula is C26H24ClN3O6. The number of terminal acetylenes is 1. The summed E-state index contributed by atoms with van der Waals surface area (Å²) in [4.78, 5) is 40.8. The highest BCUT2D eigenvalue weighted by atomic mass is 35.5. The highest BCUT2D eigenvalue weighted by molar-refractivity contribution is 6.30. The maximum atomic E-state index is 12.5. The summed E-state index contributed by atoms with van der Waals surface area (Å²) in [6.45, 7) is 0.529. The number of carboxylic acid groups (broad SMARTS) is 2. The third-order valence-electron chi connectivity index (χ3n) is 5.48. The summed E-state index contributed by atoms with van der Waals surface area (Å²) in [6, 6.07) is 12.6. The fourth-order valence-electron chi connectivity index (χ4n) is 3.61. The van der Waals surface area contributed by atoms with Crippen LogP contribution in [0.15, 0.2) is 48.5 Å². The van der Waals surface area contributed by atoms with Gasteiger partial charge in [0, 0.05) is 35.2 Å². The molecule has 1 amide bonds. The second-order valence-electron chi connectivity index (χ2n) is 8.03. The van der Waals surface area contributed by atoms with Crippen molar-refractivity contribution in [3.8, 4) is 12.3 Å². The van der Waals surface area contributed by atoms with E-state index in [2.05, 4.69) is 16.2 Å². The van der Waals surface area contributed by atoms with Crippen molar-refractivity contribution in [2.75, 3.05) is 11.4 Å². The normalized spacial score (nSPS) is 11.5. The highest BCUT2D eigenvalue weighted by Gasteiger charge is 2.21. The molecule has 36 heavy (non-hydrogen) atoms. The summed E-state index contributed by atoms with van der Waals surface area (Å²) < 4.78 is 0. The van der Waals surface area contributed by atoms with Gasteiger partial charge in [-0.05, 0) is 54.4 Å². The van der Waals surface area contributed by atoms with Gasteiger partial charge in [0.1, 0.15) is 11.2 Å². The predicted molar refractivity (Wildman–Crippen MR) is 135 cm³/mol. The average molecular weight is 510 g/mol. The first-order chi connectivity index (χ1) is 17.2. The second-order valence-corrected chi connectivity index (χ2v) is 8.39. The summed E-state index contributed by atoms with van der Waals surface area (Å²) in [5.41, 5.74) is 3.14. The van der Waals surface area contributed by atoms with Crippen molar-refractivity contribution in [2.24, 2.45) is 0 Å². The van der Waals surface area contributed by atoms with E-state index >= 15 is 0 Å². The van der Waals surface area contributed by atoms with Crippen molar-refractivity contribution in [2.45, 2.75) is 32.0 Å². The predicted octanol–water partition coefficient (Wildman–Crippen LogP) is 3.07. The molecule has 1 aromatic heterocycles. The molecule has 0 aliphatic carbocycles. The van der Waals surface area contributed by atoms with E-state index in [1.54, 1.807) is 30.3 Å². The maximum Gasteiger partial charge on any atom is 0.326 e. The quantitative estimate of drug-likeness (QED) is 0.228. The van der Waals surface area contributed by atoms with Crippen LogP contribution < -0.4 is 10.2 Å². The number of carboxylic acids is 2. The van der Waals surface area contributed by atoms with E-state index in [4.69, 9.17) is 23.1 Å². The molecule has 3 rings (SSSR count). The number of carbonyl (C=O) groups excluding carboxylic acids is 1. The number of nitrogens with zero attached hydrogens (tertiary/aromatic N) is 2. The number of rotatable bonds is 11. The van der Waals surface area contributed by atoms with Crippen LogP contribution in [0.2, 0.25) is 5.15 Å². The molecule has 186 valence electrons. The Morgan fingerprint density at radius 1 is 1.11 bits per heavy atom. The van der Waals surface area contributed by atoms with Crippen LogP contribution in [0.5, 0.6) is 0 Å². The van der Waals surface area contributed by atoms with Crippen LogP contribution in [-0.2, 0) is 22.7 Å². The van der Waals surface area contributed by atoms with Crippen LogP contribution in [0.25, 0.3) is 10.9 Å². The summed E-state index contributed by atoms with van der Waals surface area (Å²) >= 11 is 6.07. The second kappa shape index (κ2) is 12.0. The molecule has 9 nitrogen and oxygen atoms in total. The Kier molecular flexibility index (Phi) is 8.84. The molecule has 0 unspecified atom stereocenters. The number of amides is 1. The Hall–Kier alpha value is -4.13. The Morgan fingerprint density at radius 2 is 1.83 bits per heavy atom. The molecule has 1 atom stereocenters. The van der Waals surface area contributed by atoms with Gasteiger partial charge in [0.2, 0.25) is 0 Å². The Morgan fingerprint density at radius 3 is 2.44 bits per heavy atom. The number of nitrogens with one attached hydrogen (secondary N) is 1. The van der Waals surface area contributed by atoms with E-state index in [1.807, 2.05) is 23.1 Å². The van der Waals surface area contributed by atoms with E-state index in [0.29, 0.717) is 24.2 Å². The van der Waals surface area contributed by atoms with Gasteiger partial charge in [-0.2, -0.15) is 0 Å². The van der Waals surface area contributed by atoms with Crippen LogP contribution in [-0.4, -0.2) is 50.7 Å². The summed E-state index contributed by atoms with van der Waals surface area (Å²) in [7, 11) is 0. The monoisotopic (exact) mass is 509 g/mol. The van der Waals surface area contributed by atoms with Crippen molar-refractivity contribution >= 4 is 46.0 Å². The highest BCUT2D eigenvalue weighted by Crippen LogP contribution is 2.24. The Bertz CT molecular complexity index is 1320. The van der Waals surface area contributed by atoms with Crippen molar-refractivity contribution < 1.29 is 29.7 Å². The van der Waals surface area contributed by atoms with Gasteiger partial charge < -0.3 is 25.5 Å². The fraction of sp³-hybridized carbons (Fsp3) is 0.231. The zero-order valence-corrected chi connectivity index (χ0v) is 19.9. The maximum absolute atomic E-state index is 12.5. The van der Waals surface area contributed by atoms with E-state index in [0.717, 1.165) is 16.6 Å². The third-order valence-corrected chi connectivity index (χ3v) is 5.80. The number of fused-ring (bicyclic) bond motifs is 1. The molecule has 0 saturated heterocycles. The van der Waals surface area contributed by atoms with Crippen molar-refractivity contribution in [1.29, 1.82) is 0 Å².